The Labute approximate surface area is 115 Å². The lowest BCUT2D eigenvalue weighted by Crippen LogP contribution is -2.06. The highest BCUT2D eigenvalue weighted by atomic mass is 32.1. The average molecular weight is 280 g/mol. The quantitative estimate of drug-likeness (QED) is 0.871. The van der Waals surface area contributed by atoms with Crippen LogP contribution in [0.25, 0.3) is 0 Å². The van der Waals surface area contributed by atoms with Gasteiger partial charge in [-0.2, -0.15) is 5.10 Å². The zero-order valence-corrected chi connectivity index (χ0v) is 12.2. The molecular formula is C12H16N4O2S. The van der Waals surface area contributed by atoms with Crippen molar-refractivity contribution in [2.45, 2.75) is 20.8 Å². The summed E-state index contributed by atoms with van der Waals surface area (Å²) in [4.78, 5) is 16.8. The minimum Gasteiger partial charge on any atom is -0.461 e. The van der Waals surface area contributed by atoms with Crippen LogP contribution >= 0.6 is 11.3 Å². The molecule has 19 heavy (non-hydrogen) atoms. The average Bonchev–Trinajstić information content (AvgIpc) is 2.83. The van der Waals surface area contributed by atoms with Crippen LogP contribution in [0.15, 0.2) is 6.07 Å². The fourth-order valence-electron chi connectivity index (χ4n) is 1.68. The van der Waals surface area contributed by atoms with Crippen LogP contribution in [0.4, 0.5) is 10.9 Å². The zero-order chi connectivity index (χ0) is 14.0. The third kappa shape index (κ3) is 2.93. The van der Waals surface area contributed by atoms with Gasteiger partial charge in [-0.15, -0.1) is 11.3 Å². The minimum atomic E-state index is -0.384. The predicted octanol–water partition coefficient (Wildman–Crippen LogP) is 2.41. The molecule has 0 radical (unpaired) electrons. The number of hydrogen-bond donors (Lipinski definition) is 1. The van der Waals surface area contributed by atoms with Crippen LogP contribution in [0.3, 0.4) is 0 Å². The topological polar surface area (TPSA) is 69.0 Å². The Morgan fingerprint density at radius 1 is 1.53 bits per heavy atom. The number of rotatable bonds is 4. The van der Waals surface area contributed by atoms with E-state index in [9.17, 15) is 4.79 Å². The number of carbonyl (C=O) groups is 1. The Balaban J connectivity index is 2.21. The zero-order valence-electron chi connectivity index (χ0n) is 11.4. The largest absolute Gasteiger partial charge is 0.461 e. The summed E-state index contributed by atoms with van der Waals surface area (Å²) >= 11 is 1.42. The maximum atomic E-state index is 11.7. The van der Waals surface area contributed by atoms with Gasteiger partial charge in [0, 0.05) is 18.0 Å². The van der Waals surface area contributed by atoms with E-state index in [4.69, 9.17) is 4.74 Å². The fraction of sp³-hybridized carbons (Fsp3) is 0.417. The number of aromatic nitrogens is 3. The summed E-state index contributed by atoms with van der Waals surface area (Å²) in [7, 11) is 1.85. The summed E-state index contributed by atoms with van der Waals surface area (Å²) in [6, 6.07) is 1.92. The van der Waals surface area contributed by atoms with E-state index in [0.717, 1.165) is 16.4 Å². The van der Waals surface area contributed by atoms with Gasteiger partial charge in [-0.1, -0.05) is 0 Å². The summed E-state index contributed by atoms with van der Waals surface area (Å²) in [6.45, 7) is 5.89. The molecule has 7 heteroatoms. The molecule has 2 aromatic heterocycles. The van der Waals surface area contributed by atoms with Crippen LogP contribution in [0, 0.1) is 13.8 Å². The second kappa shape index (κ2) is 5.40. The summed E-state index contributed by atoms with van der Waals surface area (Å²) in [6.07, 6.45) is 0. The minimum absolute atomic E-state index is 0.347. The Morgan fingerprint density at radius 2 is 2.26 bits per heavy atom. The van der Waals surface area contributed by atoms with Gasteiger partial charge < -0.3 is 10.1 Å². The van der Waals surface area contributed by atoms with Crippen LogP contribution in [0.1, 0.15) is 28.0 Å². The maximum Gasteiger partial charge on any atom is 0.358 e. The summed E-state index contributed by atoms with van der Waals surface area (Å²) in [5.41, 5.74) is 1.29. The number of aryl methyl sites for hydroxylation is 3. The summed E-state index contributed by atoms with van der Waals surface area (Å²) < 4.78 is 6.69. The van der Waals surface area contributed by atoms with Crippen LogP contribution in [0.2, 0.25) is 0 Å². The van der Waals surface area contributed by atoms with E-state index in [-0.39, 0.29) is 5.97 Å². The molecule has 0 unspecified atom stereocenters. The van der Waals surface area contributed by atoms with Gasteiger partial charge in [-0.05, 0) is 20.8 Å². The van der Waals surface area contributed by atoms with Gasteiger partial charge in [0.05, 0.1) is 12.3 Å². The highest BCUT2D eigenvalue weighted by Gasteiger charge is 2.17. The number of hydrogen-bond acceptors (Lipinski definition) is 6. The van der Waals surface area contributed by atoms with E-state index in [1.54, 1.807) is 11.6 Å². The van der Waals surface area contributed by atoms with Crippen molar-refractivity contribution >= 4 is 28.3 Å². The van der Waals surface area contributed by atoms with Crippen LogP contribution in [-0.4, -0.2) is 27.3 Å². The molecule has 2 heterocycles. The molecule has 6 nitrogen and oxygen atoms in total. The van der Waals surface area contributed by atoms with E-state index >= 15 is 0 Å². The molecule has 0 fully saturated rings. The third-order valence-corrected chi connectivity index (χ3v) is 3.39. The number of anilines is 2. The molecule has 0 aliphatic rings. The molecule has 0 bridgehead atoms. The molecule has 1 N–H and O–H groups in total. The monoisotopic (exact) mass is 280 g/mol. The Kier molecular flexibility index (Phi) is 3.84. The Hall–Kier alpha value is -1.89. The summed E-state index contributed by atoms with van der Waals surface area (Å²) in [5.74, 6) is 0.451. The van der Waals surface area contributed by atoms with Crippen molar-refractivity contribution < 1.29 is 9.53 Å². The standard InChI is InChI=1S/C12H16N4O2S/c1-5-18-11(17)10-8(3)19-12(14-10)13-9-6-7(2)15-16(9)4/h6H,5H2,1-4H3,(H,13,14). The molecule has 0 aromatic carbocycles. The molecule has 0 aliphatic heterocycles. The van der Waals surface area contributed by atoms with Gasteiger partial charge in [-0.25, -0.2) is 9.78 Å². The highest BCUT2D eigenvalue weighted by molar-refractivity contribution is 7.15. The number of ether oxygens (including phenoxy) is 1. The lowest BCUT2D eigenvalue weighted by Gasteiger charge is -2.01. The molecule has 2 rings (SSSR count). The summed E-state index contributed by atoms with van der Waals surface area (Å²) in [5, 5.41) is 8.05. The van der Waals surface area contributed by atoms with Crippen molar-refractivity contribution in [3.05, 3.63) is 22.3 Å². The van der Waals surface area contributed by atoms with Crippen molar-refractivity contribution in [2.75, 3.05) is 11.9 Å². The normalized spacial score (nSPS) is 10.5. The van der Waals surface area contributed by atoms with Crippen LogP contribution in [0.5, 0.6) is 0 Å². The maximum absolute atomic E-state index is 11.7. The second-order valence-electron chi connectivity index (χ2n) is 4.06. The van der Waals surface area contributed by atoms with Gasteiger partial charge >= 0.3 is 5.97 Å². The molecular weight excluding hydrogens is 264 g/mol. The van der Waals surface area contributed by atoms with Crippen molar-refractivity contribution in [2.24, 2.45) is 7.05 Å². The van der Waals surface area contributed by atoms with E-state index < -0.39 is 0 Å². The smallest absolute Gasteiger partial charge is 0.358 e. The number of nitrogens with zero attached hydrogens (tertiary/aromatic N) is 3. The van der Waals surface area contributed by atoms with Gasteiger partial charge in [0.25, 0.3) is 0 Å². The predicted molar refractivity (Wildman–Crippen MR) is 74.0 cm³/mol. The van der Waals surface area contributed by atoms with Crippen molar-refractivity contribution in [3.8, 4) is 0 Å². The van der Waals surface area contributed by atoms with Gasteiger partial charge in [-0.3, -0.25) is 4.68 Å². The lowest BCUT2D eigenvalue weighted by molar-refractivity contribution is 0.0519. The van der Waals surface area contributed by atoms with Crippen molar-refractivity contribution in [1.29, 1.82) is 0 Å². The van der Waals surface area contributed by atoms with Gasteiger partial charge in [0.15, 0.2) is 10.8 Å². The SMILES string of the molecule is CCOC(=O)c1nc(Nc2cc(C)nn2C)sc1C. The molecule has 0 spiro atoms. The third-order valence-electron chi connectivity index (χ3n) is 2.50. The van der Waals surface area contributed by atoms with E-state index in [1.165, 1.54) is 11.3 Å². The number of nitrogens with one attached hydrogen (secondary N) is 1. The van der Waals surface area contributed by atoms with Gasteiger partial charge in [0.2, 0.25) is 0 Å². The van der Waals surface area contributed by atoms with E-state index in [1.807, 2.05) is 27.0 Å². The molecule has 2 aromatic rings. The van der Waals surface area contributed by atoms with Crippen molar-refractivity contribution in [1.82, 2.24) is 14.8 Å². The fourth-order valence-corrected chi connectivity index (χ4v) is 2.48. The molecule has 0 atom stereocenters. The van der Waals surface area contributed by atoms with E-state index in [2.05, 4.69) is 15.4 Å². The molecule has 102 valence electrons. The lowest BCUT2D eigenvalue weighted by atomic mass is 10.4. The highest BCUT2D eigenvalue weighted by Crippen LogP contribution is 2.26. The molecule has 0 saturated heterocycles. The first-order valence-electron chi connectivity index (χ1n) is 5.93. The van der Waals surface area contributed by atoms with Gasteiger partial charge in [0.1, 0.15) is 5.82 Å². The number of thiazole rings is 1. The first kappa shape index (κ1) is 13.5. The first-order valence-corrected chi connectivity index (χ1v) is 6.75. The number of esters is 1. The molecule has 0 saturated carbocycles. The van der Waals surface area contributed by atoms with Crippen LogP contribution in [-0.2, 0) is 11.8 Å². The first-order chi connectivity index (χ1) is 9.01. The van der Waals surface area contributed by atoms with Crippen LogP contribution < -0.4 is 5.32 Å². The second-order valence-corrected chi connectivity index (χ2v) is 5.27. The van der Waals surface area contributed by atoms with E-state index in [0.29, 0.717) is 17.4 Å². The molecule has 0 aliphatic carbocycles. The Morgan fingerprint density at radius 3 is 2.84 bits per heavy atom. The number of carbonyl (C=O) groups excluding carboxylic acids is 1. The Bertz CT molecular complexity index is 603. The molecule has 0 amide bonds. The van der Waals surface area contributed by atoms with Crippen molar-refractivity contribution in [3.63, 3.8) is 0 Å².